The zero-order chi connectivity index (χ0) is 14.7. The molecular formula is C12H23N3O4Si. The average molecular weight is 301 g/mol. The molecule has 0 unspecified atom stereocenters. The summed E-state index contributed by atoms with van der Waals surface area (Å²) in [4.78, 5) is 0. The molecule has 1 rings (SSSR count). The zero-order valence-corrected chi connectivity index (χ0v) is 12.5. The topological polar surface area (TPSA) is 115 Å². The van der Waals surface area contributed by atoms with E-state index in [4.69, 9.17) is 34.9 Å². The Hall–Kier alpha value is -1.00. The second kappa shape index (κ2) is 9.83. The summed E-state index contributed by atoms with van der Waals surface area (Å²) in [5, 5.41) is 0. The molecule has 0 bridgehead atoms. The largest absolute Gasteiger partial charge is 0.749 e. The molecule has 0 aliphatic heterocycles. The summed E-state index contributed by atoms with van der Waals surface area (Å²) in [5.74, 6) is 0.602. The molecule has 1 aromatic carbocycles. The fraction of sp³-hybridized carbons (Fsp3) is 0.500. The van der Waals surface area contributed by atoms with Crippen molar-refractivity contribution in [2.24, 2.45) is 17.2 Å². The van der Waals surface area contributed by atoms with Gasteiger partial charge in [0.2, 0.25) is 0 Å². The number of nitrogens with two attached hydrogens (primary N) is 3. The number of benzene rings is 1. The van der Waals surface area contributed by atoms with Crippen LogP contribution in [0.15, 0.2) is 30.3 Å². The summed E-state index contributed by atoms with van der Waals surface area (Å²) < 4.78 is 22.7. The van der Waals surface area contributed by atoms with E-state index >= 15 is 0 Å². The van der Waals surface area contributed by atoms with E-state index in [0.29, 0.717) is 25.4 Å². The summed E-state index contributed by atoms with van der Waals surface area (Å²) in [5.41, 5.74) is 16.4. The lowest BCUT2D eigenvalue weighted by atomic mass is 10.3. The van der Waals surface area contributed by atoms with Gasteiger partial charge in [-0.15, -0.1) is 0 Å². The smallest absolute Gasteiger partial charge is 0.480 e. The summed E-state index contributed by atoms with van der Waals surface area (Å²) in [7, 11) is -3.34. The third-order valence-corrected chi connectivity index (χ3v) is 4.33. The van der Waals surface area contributed by atoms with Gasteiger partial charge in [-0.05, 0) is 12.1 Å². The Balaban J connectivity index is 2.81. The zero-order valence-electron chi connectivity index (χ0n) is 11.5. The first-order valence-electron chi connectivity index (χ1n) is 6.52. The van der Waals surface area contributed by atoms with E-state index in [1.54, 1.807) is 12.1 Å². The molecule has 0 atom stereocenters. The molecule has 0 spiro atoms. The van der Waals surface area contributed by atoms with Crippen LogP contribution in [0.5, 0.6) is 5.75 Å². The third-order valence-electron chi connectivity index (χ3n) is 2.18. The van der Waals surface area contributed by atoms with Crippen LogP contribution in [0, 0.1) is 0 Å². The molecule has 114 valence electrons. The first kappa shape index (κ1) is 17.0. The lowest BCUT2D eigenvalue weighted by molar-refractivity contribution is 0.00555. The highest BCUT2D eigenvalue weighted by Gasteiger charge is 2.48. The monoisotopic (exact) mass is 301 g/mol. The normalized spacial score (nSPS) is 11.6. The molecule has 0 saturated carbocycles. The van der Waals surface area contributed by atoms with Crippen LogP contribution >= 0.6 is 0 Å². The van der Waals surface area contributed by atoms with Crippen LogP contribution in [-0.2, 0) is 13.3 Å². The van der Waals surface area contributed by atoms with Gasteiger partial charge in [0.15, 0.2) is 0 Å². The fourth-order valence-corrected chi connectivity index (χ4v) is 3.35. The van der Waals surface area contributed by atoms with Gasteiger partial charge >= 0.3 is 9.05 Å². The summed E-state index contributed by atoms with van der Waals surface area (Å²) in [6.45, 7) is 1.83. The van der Waals surface area contributed by atoms with Crippen molar-refractivity contribution >= 4 is 9.05 Å². The molecule has 20 heavy (non-hydrogen) atoms. The lowest BCUT2D eigenvalue weighted by Crippen LogP contribution is -2.54. The first-order chi connectivity index (χ1) is 9.76. The Bertz CT molecular complexity index is 334. The van der Waals surface area contributed by atoms with E-state index < -0.39 is 9.05 Å². The molecular weight excluding hydrogens is 278 g/mol. The van der Waals surface area contributed by atoms with Gasteiger partial charge in [0.05, 0.1) is 19.8 Å². The van der Waals surface area contributed by atoms with Crippen molar-refractivity contribution in [2.45, 2.75) is 0 Å². The highest BCUT2D eigenvalue weighted by Crippen LogP contribution is 2.18. The number of para-hydroxylation sites is 1. The average Bonchev–Trinajstić information content (AvgIpc) is 2.49. The van der Waals surface area contributed by atoms with E-state index in [2.05, 4.69) is 0 Å². The predicted molar refractivity (Wildman–Crippen MR) is 77.8 cm³/mol. The Morgan fingerprint density at radius 3 is 1.60 bits per heavy atom. The van der Waals surface area contributed by atoms with E-state index in [1.165, 1.54) is 0 Å². The van der Waals surface area contributed by atoms with Gasteiger partial charge < -0.3 is 34.9 Å². The number of hydrogen-bond donors (Lipinski definition) is 3. The molecule has 0 aliphatic rings. The first-order valence-corrected chi connectivity index (χ1v) is 8.16. The lowest BCUT2D eigenvalue weighted by Gasteiger charge is -2.27. The Labute approximate surface area is 120 Å². The molecule has 0 radical (unpaired) electrons. The number of hydrogen-bond acceptors (Lipinski definition) is 7. The van der Waals surface area contributed by atoms with Gasteiger partial charge in [0.1, 0.15) is 5.75 Å². The third kappa shape index (κ3) is 5.97. The van der Waals surface area contributed by atoms with E-state index in [-0.39, 0.29) is 19.8 Å². The van der Waals surface area contributed by atoms with Gasteiger partial charge in [-0.3, -0.25) is 0 Å². The quantitative estimate of drug-likeness (QED) is 0.469. The molecule has 6 N–H and O–H groups in total. The Morgan fingerprint density at radius 1 is 0.750 bits per heavy atom. The second-order valence-electron chi connectivity index (χ2n) is 3.83. The van der Waals surface area contributed by atoms with Crippen LogP contribution in [0.1, 0.15) is 0 Å². The maximum atomic E-state index is 5.81. The molecule has 8 heteroatoms. The van der Waals surface area contributed by atoms with Crippen molar-refractivity contribution in [2.75, 3.05) is 39.5 Å². The molecule has 0 amide bonds. The summed E-state index contributed by atoms with van der Waals surface area (Å²) >= 11 is 0. The van der Waals surface area contributed by atoms with Crippen LogP contribution in [0.4, 0.5) is 0 Å². The minimum Gasteiger partial charge on any atom is -0.480 e. The van der Waals surface area contributed by atoms with E-state index in [0.717, 1.165) is 0 Å². The Morgan fingerprint density at radius 2 is 1.20 bits per heavy atom. The molecule has 0 saturated heterocycles. The molecule has 0 aliphatic carbocycles. The van der Waals surface area contributed by atoms with E-state index in [1.807, 2.05) is 18.2 Å². The van der Waals surface area contributed by atoms with Crippen LogP contribution in [0.25, 0.3) is 0 Å². The maximum absolute atomic E-state index is 5.81. The van der Waals surface area contributed by atoms with Crippen LogP contribution < -0.4 is 21.6 Å². The van der Waals surface area contributed by atoms with Gasteiger partial charge in [-0.25, -0.2) is 0 Å². The van der Waals surface area contributed by atoms with Gasteiger partial charge in [-0.2, -0.15) is 0 Å². The second-order valence-corrected chi connectivity index (χ2v) is 5.90. The molecule has 0 aromatic heterocycles. The fourth-order valence-electron chi connectivity index (χ4n) is 1.40. The molecule has 1 aromatic rings. The van der Waals surface area contributed by atoms with Crippen molar-refractivity contribution < 1.29 is 17.7 Å². The predicted octanol–water partition coefficient (Wildman–Crippen LogP) is -0.573. The van der Waals surface area contributed by atoms with Crippen molar-refractivity contribution in [3.05, 3.63) is 30.3 Å². The van der Waals surface area contributed by atoms with Crippen molar-refractivity contribution in [3.8, 4) is 5.75 Å². The highest BCUT2D eigenvalue weighted by atomic mass is 28.4. The highest BCUT2D eigenvalue weighted by molar-refractivity contribution is 6.54. The number of rotatable bonds is 11. The minimum absolute atomic E-state index is 0.272. The van der Waals surface area contributed by atoms with E-state index in [9.17, 15) is 0 Å². The SMILES string of the molecule is NCCO[Si](OCCN)(OCCN)Oc1ccccc1. The van der Waals surface area contributed by atoms with Crippen LogP contribution in [0.2, 0.25) is 0 Å². The van der Waals surface area contributed by atoms with Gasteiger partial charge in [0.25, 0.3) is 0 Å². The van der Waals surface area contributed by atoms with Crippen LogP contribution in [-0.4, -0.2) is 48.5 Å². The van der Waals surface area contributed by atoms with Crippen molar-refractivity contribution in [3.63, 3.8) is 0 Å². The maximum Gasteiger partial charge on any atom is 0.749 e. The summed E-state index contributed by atoms with van der Waals surface area (Å²) in [6, 6.07) is 9.18. The van der Waals surface area contributed by atoms with Gasteiger partial charge in [-0.1, -0.05) is 18.2 Å². The van der Waals surface area contributed by atoms with Gasteiger partial charge in [0, 0.05) is 19.6 Å². The molecule has 0 fully saturated rings. The van der Waals surface area contributed by atoms with Crippen molar-refractivity contribution in [1.82, 2.24) is 0 Å². The standard InChI is InChI=1S/C12H23N3O4Si/c13-6-9-16-20(17-10-7-14,18-11-8-15)19-12-4-2-1-3-5-12/h1-5H,6-11,13-15H2. The molecule has 0 heterocycles. The van der Waals surface area contributed by atoms with Crippen LogP contribution in [0.3, 0.4) is 0 Å². The molecule has 7 nitrogen and oxygen atoms in total. The Kier molecular flexibility index (Phi) is 8.38. The minimum atomic E-state index is -3.34. The summed E-state index contributed by atoms with van der Waals surface area (Å²) in [6.07, 6.45) is 0. The van der Waals surface area contributed by atoms with Crippen molar-refractivity contribution in [1.29, 1.82) is 0 Å².